The quantitative estimate of drug-likeness (QED) is 0.777. The monoisotopic (exact) mass is 348 g/mol. The van der Waals surface area contributed by atoms with Crippen LogP contribution in [0.4, 0.5) is 17.6 Å². The number of imidazole rings is 1. The van der Waals surface area contributed by atoms with E-state index < -0.39 is 24.2 Å². The number of methoxy groups -OCH3 is 1. The van der Waals surface area contributed by atoms with Crippen molar-refractivity contribution in [2.75, 3.05) is 7.11 Å². The van der Waals surface area contributed by atoms with Gasteiger partial charge in [0, 0.05) is 0 Å². The topological polar surface area (TPSA) is 62.1 Å². The molecular formula is C14H16F4N4O2. The van der Waals surface area contributed by atoms with Gasteiger partial charge in [0.1, 0.15) is 12.4 Å². The maximum atomic E-state index is 14.3. The fraction of sp³-hybridized carbons (Fsp3) is 0.643. The lowest BCUT2D eigenvalue weighted by Crippen LogP contribution is -2.45. The first-order valence-electron chi connectivity index (χ1n) is 7.47. The third-order valence-electron chi connectivity index (χ3n) is 4.04. The van der Waals surface area contributed by atoms with Crippen LogP contribution in [0.5, 0.6) is 5.88 Å². The number of hydrogen-bond acceptors (Lipinski definition) is 5. The van der Waals surface area contributed by atoms with Crippen LogP contribution in [0.15, 0.2) is 12.7 Å². The maximum absolute atomic E-state index is 14.3. The van der Waals surface area contributed by atoms with Gasteiger partial charge >= 0.3 is 11.8 Å². The largest absolute Gasteiger partial charge is 0.479 e. The molecule has 2 aromatic heterocycles. The third kappa shape index (κ3) is 2.31. The Kier molecular flexibility index (Phi) is 4.10. The smallest absolute Gasteiger partial charge is 0.356 e. The van der Waals surface area contributed by atoms with E-state index in [4.69, 9.17) is 9.47 Å². The summed E-state index contributed by atoms with van der Waals surface area (Å²) in [7, 11) is 1.33. The molecule has 0 bridgehead atoms. The van der Waals surface area contributed by atoms with Crippen molar-refractivity contribution in [3.63, 3.8) is 0 Å². The van der Waals surface area contributed by atoms with Gasteiger partial charge in [0.2, 0.25) is 12.1 Å². The van der Waals surface area contributed by atoms with Crippen molar-refractivity contribution in [2.45, 2.75) is 50.4 Å². The molecule has 0 N–H and O–H groups in total. The number of nitrogens with zero attached hydrogens (tertiary/aromatic N) is 4. The number of ether oxygens (including phenoxy) is 2. The van der Waals surface area contributed by atoms with Crippen molar-refractivity contribution in [3.05, 3.63) is 12.7 Å². The fourth-order valence-corrected chi connectivity index (χ4v) is 2.74. The first kappa shape index (κ1) is 16.9. The van der Waals surface area contributed by atoms with Gasteiger partial charge in [-0.1, -0.05) is 19.8 Å². The molecule has 24 heavy (non-hydrogen) atoms. The number of fused-ring (bicyclic) bond motifs is 1. The second-order valence-corrected chi connectivity index (χ2v) is 5.57. The SMILES string of the molecule is CCCCC1OC(n2cnc3c(OC)ncnc32)C(F)(F)C1(F)F. The molecule has 0 aliphatic carbocycles. The van der Waals surface area contributed by atoms with E-state index in [0.29, 0.717) is 12.8 Å². The summed E-state index contributed by atoms with van der Waals surface area (Å²) < 4.78 is 67.8. The molecule has 3 heterocycles. The van der Waals surface area contributed by atoms with E-state index in [-0.39, 0.29) is 23.5 Å². The average Bonchev–Trinajstić information content (AvgIpc) is 3.04. The lowest BCUT2D eigenvalue weighted by molar-refractivity contribution is -0.207. The zero-order chi connectivity index (χ0) is 17.5. The summed E-state index contributed by atoms with van der Waals surface area (Å²) in [6, 6.07) is 0. The maximum Gasteiger partial charge on any atom is 0.356 e. The zero-order valence-corrected chi connectivity index (χ0v) is 13.0. The Morgan fingerprint density at radius 3 is 2.62 bits per heavy atom. The summed E-state index contributed by atoms with van der Waals surface area (Å²) in [4.78, 5) is 11.5. The minimum Gasteiger partial charge on any atom is -0.479 e. The van der Waals surface area contributed by atoms with E-state index in [9.17, 15) is 17.6 Å². The Morgan fingerprint density at radius 1 is 1.21 bits per heavy atom. The van der Waals surface area contributed by atoms with Crippen LogP contribution in [-0.2, 0) is 4.74 Å². The van der Waals surface area contributed by atoms with Crippen LogP contribution < -0.4 is 4.74 Å². The predicted octanol–water partition coefficient (Wildman–Crippen LogP) is 3.19. The number of unbranched alkanes of at least 4 members (excludes halogenated alkanes) is 1. The molecule has 2 unspecified atom stereocenters. The van der Waals surface area contributed by atoms with Gasteiger partial charge in [0.25, 0.3) is 0 Å². The third-order valence-corrected chi connectivity index (χ3v) is 4.04. The van der Waals surface area contributed by atoms with E-state index in [2.05, 4.69) is 15.0 Å². The van der Waals surface area contributed by atoms with Gasteiger partial charge in [-0.15, -0.1) is 0 Å². The summed E-state index contributed by atoms with van der Waals surface area (Å²) in [5.74, 6) is -8.60. The van der Waals surface area contributed by atoms with Gasteiger partial charge in [0.05, 0.1) is 13.4 Å². The minimum absolute atomic E-state index is 0.0570. The van der Waals surface area contributed by atoms with Crippen molar-refractivity contribution in [1.29, 1.82) is 0 Å². The highest BCUT2D eigenvalue weighted by atomic mass is 19.3. The molecule has 0 amide bonds. The van der Waals surface area contributed by atoms with Gasteiger partial charge in [-0.2, -0.15) is 22.5 Å². The van der Waals surface area contributed by atoms with Gasteiger partial charge in [-0.3, -0.25) is 4.57 Å². The van der Waals surface area contributed by atoms with E-state index >= 15 is 0 Å². The molecule has 6 nitrogen and oxygen atoms in total. The molecule has 0 spiro atoms. The molecule has 1 aliphatic rings. The van der Waals surface area contributed by atoms with Crippen LogP contribution >= 0.6 is 0 Å². The van der Waals surface area contributed by atoms with E-state index in [1.54, 1.807) is 6.92 Å². The van der Waals surface area contributed by atoms with Gasteiger partial charge < -0.3 is 9.47 Å². The van der Waals surface area contributed by atoms with Crippen LogP contribution in [0.1, 0.15) is 32.4 Å². The zero-order valence-electron chi connectivity index (χ0n) is 13.0. The second kappa shape index (κ2) is 5.83. The first-order chi connectivity index (χ1) is 11.3. The van der Waals surface area contributed by atoms with Gasteiger partial charge in [-0.05, 0) is 6.42 Å². The first-order valence-corrected chi connectivity index (χ1v) is 7.47. The lowest BCUT2D eigenvalue weighted by atomic mass is 10.0. The minimum atomic E-state index is -4.39. The van der Waals surface area contributed by atoms with Crippen LogP contribution in [0.3, 0.4) is 0 Å². The molecular weight excluding hydrogens is 332 g/mol. The number of halogens is 4. The number of aromatic nitrogens is 4. The highest BCUT2D eigenvalue weighted by Crippen LogP contribution is 2.54. The van der Waals surface area contributed by atoms with Crippen molar-refractivity contribution >= 4 is 11.2 Å². The summed E-state index contributed by atoms with van der Waals surface area (Å²) in [6.07, 6.45) is -1.18. The summed E-state index contributed by atoms with van der Waals surface area (Å²) >= 11 is 0. The van der Waals surface area contributed by atoms with Crippen molar-refractivity contribution in [2.24, 2.45) is 0 Å². The lowest BCUT2D eigenvalue weighted by Gasteiger charge is -2.23. The van der Waals surface area contributed by atoms with Gasteiger partial charge in [0.15, 0.2) is 11.2 Å². The number of rotatable bonds is 5. The molecule has 10 heteroatoms. The molecule has 1 fully saturated rings. The summed E-state index contributed by atoms with van der Waals surface area (Å²) in [6.45, 7) is 1.79. The molecule has 3 rings (SSSR count). The summed E-state index contributed by atoms with van der Waals surface area (Å²) in [5, 5.41) is 0. The molecule has 0 saturated carbocycles. The van der Waals surface area contributed by atoms with Crippen LogP contribution in [-0.4, -0.2) is 44.6 Å². The van der Waals surface area contributed by atoms with Crippen LogP contribution in [0, 0.1) is 0 Å². The molecule has 0 aromatic carbocycles. The van der Waals surface area contributed by atoms with E-state index in [0.717, 1.165) is 17.2 Å². The molecule has 2 atom stereocenters. The Morgan fingerprint density at radius 2 is 1.96 bits per heavy atom. The molecule has 1 aliphatic heterocycles. The fourth-order valence-electron chi connectivity index (χ4n) is 2.74. The predicted molar refractivity (Wildman–Crippen MR) is 75.2 cm³/mol. The number of hydrogen-bond donors (Lipinski definition) is 0. The van der Waals surface area contributed by atoms with E-state index in [1.165, 1.54) is 7.11 Å². The second-order valence-electron chi connectivity index (χ2n) is 5.57. The summed E-state index contributed by atoms with van der Waals surface area (Å²) in [5.41, 5.74) is 0.0400. The van der Waals surface area contributed by atoms with Crippen LogP contribution in [0.2, 0.25) is 0 Å². The molecule has 0 radical (unpaired) electrons. The van der Waals surface area contributed by atoms with Crippen molar-refractivity contribution in [3.8, 4) is 5.88 Å². The average molecular weight is 348 g/mol. The number of alkyl halides is 4. The van der Waals surface area contributed by atoms with E-state index in [1.807, 2.05) is 0 Å². The Balaban J connectivity index is 2.03. The van der Waals surface area contributed by atoms with Crippen molar-refractivity contribution in [1.82, 2.24) is 19.5 Å². The molecule has 1 saturated heterocycles. The normalized spacial score (nSPS) is 25.2. The molecule has 2 aromatic rings. The van der Waals surface area contributed by atoms with Crippen molar-refractivity contribution < 1.29 is 27.0 Å². The Bertz CT molecular complexity index is 737. The van der Waals surface area contributed by atoms with Gasteiger partial charge in [-0.25, -0.2) is 9.97 Å². The Labute approximate surface area is 134 Å². The van der Waals surface area contributed by atoms with Crippen LogP contribution in [0.25, 0.3) is 11.2 Å². The highest BCUT2D eigenvalue weighted by Gasteiger charge is 2.72. The highest BCUT2D eigenvalue weighted by molar-refractivity contribution is 5.76. The standard InChI is InChI=1S/C14H16F4N4O2/c1-3-4-5-8-13(15,16)14(17,18)12(24-8)22-7-21-9-10(22)19-6-20-11(9)23-2/h6-8,12H,3-5H2,1-2H3. The molecule has 132 valence electrons. The Hall–Kier alpha value is -1.97.